The molecule has 0 amide bonds. The van der Waals surface area contributed by atoms with E-state index < -0.39 is 0 Å². The van der Waals surface area contributed by atoms with E-state index in [2.05, 4.69) is 26.5 Å². The lowest BCUT2D eigenvalue weighted by Gasteiger charge is -2.22. The van der Waals surface area contributed by atoms with Crippen LogP contribution in [0, 0.1) is 5.92 Å². The van der Waals surface area contributed by atoms with E-state index in [4.69, 9.17) is 11.6 Å². The minimum absolute atomic E-state index is 0.382. The van der Waals surface area contributed by atoms with Crippen LogP contribution in [-0.2, 0) is 0 Å². The summed E-state index contributed by atoms with van der Waals surface area (Å²) < 4.78 is 0. The largest absolute Gasteiger partial charge is 0.123 e. The summed E-state index contributed by atoms with van der Waals surface area (Å²) in [7, 11) is 0. The number of hydrogen-bond acceptors (Lipinski definition) is 0. The molecule has 0 N–H and O–H groups in total. The molecule has 0 spiro atoms. The normalized spacial score (nSPS) is 24.2. The van der Waals surface area contributed by atoms with E-state index in [1.165, 1.54) is 18.4 Å². The second-order valence-corrected chi connectivity index (χ2v) is 5.16. The summed E-state index contributed by atoms with van der Waals surface area (Å²) in [6, 6.07) is 0. The van der Waals surface area contributed by atoms with Gasteiger partial charge in [0.05, 0.1) is 0 Å². The Morgan fingerprint density at radius 3 is 2.93 bits per heavy atom. The van der Waals surface area contributed by atoms with Gasteiger partial charge in [0.15, 0.2) is 0 Å². The average Bonchev–Trinajstić information content (AvgIpc) is 2.15. The van der Waals surface area contributed by atoms with Gasteiger partial charge in [0.2, 0.25) is 0 Å². The van der Waals surface area contributed by atoms with E-state index >= 15 is 0 Å². The minimum Gasteiger partial charge on any atom is -0.123 e. The molecule has 0 saturated carbocycles. The average molecular weight is 213 g/mol. The Morgan fingerprint density at radius 1 is 1.71 bits per heavy atom. The summed E-state index contributed by atoms with van der Waals surface area (Å²) in [6.45, 7) is 8.37. The van der Waals surface area contributed by atoms with Gasteiger partial charge in [-0.15, -0.1) is 18.2 Å². The van der Waals surface area contributed by atoms with Gasteiger partial charge in [0.25, 0.3) is 0 Å². The number of alkyl halides is 1. The molecular formula is C13H21Cl. The minimum atomic E-state index is 0.382. The van der Waals surface area contributed by atoms with Crippen molar-refractivity contribution in [2.24, 2.45) is 5.92 Å². The van der Waals surface area contributed by atoms with Gasteiger partial charge in [-0.1, -0.05) is 24.1 Å². The van der Waals surface area contributed by atoms with Crippen LogP contribution in [0.2, 0.25) is 0 Å². The zero-order valence-corrected chi connectivity index (χ0v) is 10.1. The van der Waals surface area contributed by atoms with E-state index in [0.29, 0.717) is 5.38 Å². The number of allylic oxidation sites excluding steroid dienone is 3. The Kier molecular flexibility index (Phi) is 4.74. The molecule has 2 atom stereocenters. The van der Waals surface area contributed by atoms with Gasteiger partial charge in [-0.3, -0.25) is 0 Å². The lowest BCUT2D eigenvalue weighted by Crippen LogP contribution is -2.09. The maximum absolute atomic E-state index is 6.06. The van der Waals surface area contributed by atoms with Crippen LogP contribution in [0.3, 0.4) is 0 Å². The molecule has 1 rings (SSSR count). The van der Waals surface area contributed by atoms with E-state index in [1.807, 2.05) is 0 Å². The first kappa shape index (κ1) is 11.8. The first-order valence-electron chi connectivity index (χ1n) is 5.57. The fourth-order valence-electron chi connectivity index (χ4n) is 1.92. The molecule has 0 fully saturated rings. The van der Waals surface area contributed by atoms with Gasteiger partial charge in [0, 0.05) is 5.38 Å². The van der Waals surface area contributed by atoms with Gasteiger partial charge in [-0.2, -0.15) is 0 Å². The highest BCUT2D eigenvalue weighted by atomic mass is 35.5. The van der Waals surface area contributed by atoms with E-state index in [1.54, 1.807) is 5.57 Å². The molecular weight excluding hydrogens is 192 g/mol. The van der Waals surface area contributed by atoms with Crippen LogP contribution in [-0.4, -0.2) is 5.38 Å². The molecule has 0 aromatic heterocycles. The molecule has 1 aliphatic carbocycles. The highest BCUT2D eigenvalue weighted by Gasteiger charge is 2.15. The third-order valence-corrected chi connectivity index (χ3v) is 3.42. The summed E-state index contributed by atoms with van der Waals surface area (Å²) in [5, 5.41) is 0.382. The number of rotatable bonds is 4. The lowest BCUT2D eigenvalue weighted by molar-refractivity contribution is 0.553. The standard InChI is InChI=1S/C13H21Cl/c1-10(2)4-5-11(3)12-6-8-13(14)9-7-12/h6,11,13H,1,4-5,7-9H2,2-3H3. The number of hydrogen-bond donors (Lipinski definition) is 0. The maximum Gasteiger partial charge on any atom is 0.0373 e. The smallest absolute Gasteiger partial charge is 0.0373 e. The Labute approximate surface area is 93.0 Å². The van der Waals surface area contributed by atoms with Crippen molar-refractivity contribution >= 4 is 11.6 Å². The van der Waals surface area contributed by atoms with Crippen molar-refractivity contribution in [3.05, 3.63) is 23.8 Å². The highest BCUT2D eigenvalue weighted by molar-refractivity contribution is 6.20. The zero-order valence-electron chi connectivity index (χ0n) is 9.35. The predicted octanol–water partition coefficient (Wildman–Crippen LogP) is 4.70. The van der Waals surface area contributed by atoms with Crippen molar-refractivity contribution in [1.82, 2.24) is 0 Å². The van der Waals surface area contributed by atoms with Crippen molar-refractivity contribution in [2.45, 2.75) is 51.3 Å². The molecule has 0 aliphatic heterocycles. The summed E-state index contributed by atoms with van der Waals surface area (Å²) in [5.74, 6) is 0.718. The highest BCUT2D eigenvalue weighted by Crippen LogP contribution is 2.29. The Hall–Kier alpha value is -0.230. The quantitative estimate of drug-likeness (QED) is 0.468. The molecule has 0 aromatic rings. The Balaban J connectivity index is 2.37. The predicted molar refractivity (Wildman–Crippen MR) is 64.8 cm³/mol. The molecule has 1 heteroatoms. The lowest BCUT2D eigenvalue weighted by atomic mass is 9.87. The fraction of sp³-hybridized carbons (Fsp3) is 0.692. The van der Waals surface area contributed by atoms with Crippen molar-refractivity contribution in [3.63, 3.8) is 0 Å². The van der Waals surface area contributed by atoms with Crippen molar-refractivity contribution < 1.29 is 0 Å². The van der Waals surface area contributed by atoms with Gasteiger partial charge in [-0.25, -0.2) is 0 Å². The van der Waals surface area contributed by atoms with E-state index in [9.17, 15) is 0 Å². The van der Waals surface area contributed by atoms with E-state index in [0.717, 1.165) is 25.2 Å². The molecule has 0 bridgehead atoms. The summed E-state index contributed by atoms with van der Waals surface area (Å²) in [5.41, 5.74) is 2.91. The van der Waals surface area contributed by atoms with Gasteiger partial charge < -0.3 is 0 Å². The third kappa shape index (κ3) is 3.88. The van der Waals surface area contributed by atoms with Crippen LogP contribution in [0.4, 0.5) is 0 Å². The van der Waals surface area contributed by atoms with Crippen LogP contribution in [0.5, 0.6) is 0 Å². The molecule has 0 radical (unpaired) electrons. The van der Waals surface area contributed by atoms with Gasteiger partial charge in [0.1, 0.15) is 0 Å². The molecule has 80 valence electrons. The molecule has 2 unspecified atom stereocenters. The zero-order chi connectivity index (χ0) is 10.6. The van der Waals surface area contributed by atoms with Crippen LogP contribution >= 0.6 is 11.6 Å². The second kappa shape index (κ2) is 5.60. The third-order valence-electron chi connectivity index (χ3n) is 3.02. The first-order valence-corrected chi connectivity index (χ1v) is 6.00. The SMILES string of the molecule is C=C(C)CCC(C)C1=CCC(Cl)CC1. The maximum atomic E-state index is 6.06. The van der Waals surface area contributed by atoms with Crippen LogP contribution in [0.25, 0.3) is 0 Å². The Bertz CT molecular complexity index is 227. The van der Waals surface area contributed by atoms with Crippen LogP contribution in [0.1, 0.15) is 46.0 Å². The molecule has 0 nitrogen and oxygen atoms in total. The molecule has 0 saturated heterocycles. The van der Waals surface area contributed by atoms with Gasteiger partial charge in [-0.05, 0) is 44.9 Å². The number of halogens is 1. The van der Waals surface area contributed by atoms with Crippen molar-refractivity contribution in [1.29, 1.82) is 0 Å². The topological polar surface area (TPSA) is 0 Å². The van der Waals surface area contributed by atoms with Crippen LogP contribution < -0.4 is 0 Å². The van der Waals surface area contributed by atoms with Crippen molar-refractivity contribution in [2.75, 3.05) is 0 Å². The monoisotopic (exact) mass is 212 g/mol. The van der Waals surface area contributed by atoms with E-state index in [-0.39, 0.29) is 0 Å². The summed E-state index contributed by atoms with van der Waals surface area (Å²) in [6.07, 6.45) is 8.17. The summed E-state index contributed by atoms with van der Waals surface area (Å²) >= 11 is 6.06. The fourth-order valence-corrected chi connectivity index (χ4v) is 2.12. The second-order valence-electron chi connectivity index (χ2n) is 4.55. The molecule has 0 heterocycles. The van der Waals surface area contributed by atoms with Crippen molar-refractivity contribution in [3.8, 4) is 0 Å². The summed E-state index contributed by atoms with van der Waals surface area (Å²) in [4.78, 5) is 0. The van der Waals surface area contributed by atoms with Gasteiger partial charge >= 0.3 is 0 Å². The molecule has 14 heavy (non-hydrogen) atoms. The Morgan fingerprint density at radius 2 is 2.43 bits per heavy atom. The first-order chi connectivity index (χ1) is 6.59. The van der Waals surface area contributed by atoms with Crippen LogP contribution in [0.15, 0.2) is 23.8 Å². The molecule has 1 aliphatic rings. The molecule has 0 aromatic carbocycles.